The van der Waals surface area contributed by atoms with Crippen molar-refractivity contribution < 1.29 is 14.3 Å². The van der Waals surface area contributed by atoms with Gasteiger partial charge in [0.1, 0.15) is 0 Å². The van der Waals surface area contributed by atoms with Crippen LogP contribution >= 0.6 is 0 Å². The van der Waals surface area contributed by atoms with Crippen molar-refractivity contribution in [1.82, 2.24) is 0 Å². The summed E-state index contributed by atoms with van der Waals surface area (Å²) in [5.74, 6) is -0.133. The minimum atomic E-state index is -0.221. The highest BCUT2D eigenvalue weighted by Crippen LogP contribution is 2.01. The highest BCUT2D eigenvalue weighted by atomic mass is 16.5. The van der Waals surface area contributed by atoms with Gasteiger partial charge in [0, 0.05) is 6.92 Å². The highest BCUT2D eigenvalue weighted by Gasteiger charge is 1.92. The predicted octanol–water partition coefficient (Wildman–Crippen LogP) is 2.26. The molecular weight excluding hydrogens is 180 g/mol. The molecule has 0 heterocycles. The molecule has 3 heteroatoms. The first kappa shape index (κ1) is 12.9. The fraction of sp³-hybridized carbons (Fsp3) is 0.636. The summed E-state index contributed by atoms with van der Waals surface area (Å²) in [6, 6.07) is 0. The average molecular weight is 198 g/mol. The molecule has 14 heavy (non-hydrogen) atoms. The van der Waals surface area contributed by atoms with Crippen molar-refractivity contribution in [1.29, 1.82) is 0 Å². The molecule has 0 N–H and O–H groups in total. The molecule has 0 aliphatic rings. The molecule has 0 aliphatic carbocycles. The second kappa shape index (κ2) is 8.48. The number of unbranched alkanes of at least 4 members (excludes halogenated alkanes) is 3. The number of ketones is 1. The number of esters is 1. The summed E-state index contributed by atoms with van der Waals surface area (Å²) in [7, 11) is 0. The molecule has 0 radical (unpaired) electrons. The van der Waals surface area contributed by atoms with Crippen LogP contribution < -0.4 is 0 Å². The summed E-state index contributed by atoms with van der Waals surface area (Å²) in [6.45, 7) is 3.46. The number of hydrogen-bond donors (Lipinski definition) is 0. The van der Waals surface area contributed by atoms with Gasteiger partial charge in [-0.3, -0.25) is 9.59 Å². The zero-order valence-electron chi connectivity index (χ0n) is 8.91. The lowest BCUT2D eigenvalue weighted by Gasteiger charge is -1.99. The Morgan fingerprint density at radius 3 is 2.43 bits per heavy atom. The van der Waals surface area contributed by atoms with Gasteiger partial charge >= 0.3 is 5.97 Å². The lowest BCUT2D eigenvalue weighted by molar-refractivity contribution is -0.141. The molecular formula is C11H18O3. The zero-order valence-corrected chi connectivity index (χ0v) is 8.91. The first-order valence-corrected chi connectivity index (χ1v) is 4.93. The van der Waals surface area contributed by atoms with Crippen LogP contribution in [0.1, 0.15) is 39.5 Å². The molecule has 0 rings (SSSR count). The van der Waals surface area contributed by atoms with Crippen LogP contribution in [0.15, 0.2) is 12.2 Å². The minimum absolute atomic E-state index is 0.0879. The number of carbonyl (C=O) groups is 2. The van der Waals surface area contributed by atoms with Crippen LogP contribution in [0.3, 0.4) is 0 Å². The molecule has 0 bridgehead atoms. The number of hydrogen-bond acceptors (Lipinski definition) is 3. The molecule has 0 fully saturated rings. The van der Waals surface area contributed by atoms with Gasteiger partial charge < -0.3 is 4.74 Å². The van der Waals surface area contributed by atoms with Crippen LogP contribution in [0.4, 0.5) is 0 Å². The topological polar surface area (TPSA) is 43.4 Å². The Kier molecular flexibility index (Phi) is 7.80. The third-order valence-corrected chi connectivity index (χ3v) is 1.67. The van der Waals surface area contributed by atoms with E-state index in [9.17, 15) is 9.59 Å². The van der Waals surface area contributed by atoms with Crippen molar-refractivity contribution in [2.75, 3.05) is 6.61 Å². The smallest absolute Gasteiger partial charge is 0.302 e. The molecule has 0 saturated heterocycles. The summed E-state index contributed by atoms with van der Waals surface area (Å²) in [5, 5.41) is 0. The second-order valence-corrected chi connectivity index (χ2v) is 3.20. The Balaban J connectivity index is 3.14. The molecule has 0 aromatic rings. The zero-order chi connectivity index (χ0) is 10.8. The van der Waals surface area contributed by atoms with E-state index < -0.39 is 0 Å². The quantitative estimate of drug-likeness (QED) is 0.358. The Morgan fingerprint density at radius 1 is 1.14 bits per heavy atom. The molecule has 0 atom stereocenters. The Labute approximate surface area is 85.1 Å². The van der Waals surface area contributed by atoms with Crippen LogP contribution in [-0.2, 0) is 14.3 Å². The van der Waals surface area contributed by atoms with E-state index in [2.05, 4.69) is 0 Å². The van der Waals surface area contributed by atoms with E-state index in [1.807, 2.05) is 6.08 Å². The molecule has 0 aliphatic heterocycles. The maximum atomic E-state index is 10.5. The van der Waals surface area contributed by atoms with Crippen molar-refractivity contribution in [3.8, 4) is 0 Å². The number of rotatable bonds is 7. The predicted molar refractivity (Wildman–Crippen MR) is 54.9 cm³/mol. The van der Waals surface area contributed by atoms with Crippen molar-refractivity contribution in [3.63, 3.8) is 0 Å². The van der Waals surface area contributed by atoms with Crippen molar-refractivity contribution in [3.05, 3.63) is 12.2 Å². The van der Waals surface area contributed by atoms with E-state index >= 15 is 0 Å². The van der Waals surface area contributed by atoms with Gasteiger partial charge in [0.05, 0.1) is 6.61 Å². The van der Waals surface area contributed by atoms with Crippen LogP contribution in [0.25, 0.3) is 0 Å². The van der Waals surface area contributed by atoms with Gasteiger partial charge in [0.15, 0.2) is 5.78 Å². The monoisotopic (exact) mass is 198 g/mol. The fourth-order valence-electron chi connectivity index (χ4n) is 1.01. The molecule has 0 aromatic carbocycles. The van der Waals surface area contributed by atoms with Crippen LogP contribution in [0.5, 0.6) is 0 Å². The summed E-state index contributed by atoms with van der Waals surface area (Å²) < 4.78 is 4.78. The number of allylic oxidation sites excluding steroid dienone is 2. The summed E-state index contributed by atoms with van der Waals surface area (Å²) in [4.78, 5) is 20.9. The fourth-order valence-corrected chi connectivity index (χ4v) is 1.01. The molecule has 0 amide bonds. The van der Waals surface area contributed by atoms with E-state index in [0.717, 1.165) is 25.7 Å². The molecule has 0 saturated carbocycles. The van der Waals surface area contributed by atoms with Gasteiger partial charge in [-0.2, -0.15) is 0 Å². The van der Waals surface area contributed by atoms with E-state index in [1.165, 1.54) is 13.8 Å². The van der Waals surface area contributed by atoms with E-state index in [-0.39, 0.29) is 11.8 Å². The van der Waals surface area contributed by atoms with Gasteiger partial charge in [-0.25, -0.2) is 0 Å². The number of ether oxygens (including phenoxy) is 1. The highest BCUT2D eigenvalue weighted by molar-refractivity contribution is 5.87. The third-order valence-electron chi connectivity index (χ3n) is 1.67. The Bertz CT molecular complexity index is 207. The van der Waals surface area contributed by atoms with E-state index in [4.69, 9.17) is 4.74 Å². The van der Waals surface area contributed by atoms with Gasteiger partial charge in [-0.1, -0.05) is 6.08 Å². The maximum absolute atomic E-state index is 10.5. The average Bonchev–Trinajstić information content (AvgIpc) is 2.08. The van der Waals surface area contributed by atoms with Gasteiger partial charge in [-0.15, -0.1) is 0 Å². The van der Waals surface area contributed by atoms with E-state index in [0.29, 0.717) is 6.61 Å². The Morgan fingerprint density at radius 2 is 1.86 bits per heavy atom. The second-order valence-electron chi connectivity index (χ2n) is 3.20. The van der Waals surface area contributed by atoms with Gasteiger partial charge in [0.2, 0.25) is 0 Å². The van der Waals surface area contributed by atoms with Crippen LogP contribution in [0, 0.1) is 0 Å². The third kappa shape index (κ3) is 10.9. The van der Waals surface area contributed by atoms with Crippen LogP contribution in [0.2, 0.25) is 0 Å². The lowest BCUT2D eigenvalue weighted by Crippen LogP contribution is -1.99. The van der Waals surface area contributed by atoms with Gasteiger partial charge in [-0.05, 0) is 38.7 Å². The Hall–Kier alpha value is -1.12. The van der Waals surface area contributed by atoms with Crippen LogP contribution in [-0.4, -0.2) is 18.4 Å². The maximum Gasteiger partial charge on any atom is 0.302 e. The largest absolute Gasteiger partial charge is 0.466 e. The standard InChI is InChI=1S/C11H18O3/c1-10(12)8-6-4-3-5-7-9-14-11(2)13/h6,8H,3-5,7,9H2,1-2H3/b8-6+. The van der Waals surface area contributed by atoms with Crippen molar-refractivity contribution >= 4 is 11.8 Å². The van der Waals surface area contributed by atoms with Crippen molar-refractivity contribution in [2.45, 2.75) is 39.5 Å². The summed E-state index contributed by atoms with van der Waals surface area (Å²) in [6.07, 6.45) is 7.34. The summed E-state index contributed by atoms with van der Waals surface area (Å²) >= 11 is 0. The minimum Gasteiger partial charge on any atom is -0.466 e. The molecule has 80 valence electrons. The first-order chi connectivity index (χ1) is 6.63. The molecule has 0 spiro atoms. The normalized spacial score (nSPS) is 10.4. The van der Waals surface area contributed by atoms with Gasteiger partial charge in [0.25, 0.3) is 0 Å². The number of carbonyl (C=O) groups excluding carboxylic acids is 2. The molecule has 0 unspecified atom stereocenters. The summed E-state index contributed by atoms with van der Waals surface area (Å²) in [5.41, 5.74) is 0. The first-order valence-electron chi connectivity index (χ1n) is 4.93. The molecule has 0 aromatic heterocycles. The van der Waals surface area contributed by atoms with E-state index in [1.54, 1.807) is 6.08 Å². The van der Waals surface area contributed by atoms with Crippen molar-refractivity contribution in [2.24, 2.45) is 0 Å². The lowest BCUT2D eigenvalue weighted by atomic mass is 10.2. The SMILES string of the molecule is CC(=O)/C=C/CCCCCOC(C)=O. The molecule has 3 nitrogen and oxygen atoms in total.